The van der Waals surface area contributed by atoms with E-state index in [1.807, 2.05) is 33.9 Å². The Morgan fingerprint density at radius 1 is 1.11 bits per heavy atom. The number of imidazole rings is 1. The second-order valence-electron chi connectivity index (χ2n) is 9.27. The fourth-order valence-electron chi connectivity index (χ4n) is 4.65. The van der Waals surface area contributed by atoms with Crippen molar-refractivity contribution >= 4 is 16.9 Å². The Balaban J connectivity index is 1.40. The Morgan fingerprint density at radius 2 is 1.83 bits per heavy atom. The minimum Gasteiger partial charge on any atom is -0.406 e. The maximum Gasteiger partial charge on any atom is 0.573 e. The van der Waals surface area contributed by atoms with E-state index >= 15 is 0 Å². The molecule has 3 heterocycles. The predicted molar refractivity (Wildman–Crippen MR) is 126 cm³/mol. The van der Waals surface area contributed by atoms with E-state index in [1.165, 1.54) is 12.1 Å². The molecule has 1 aliphatic heterocycles. The maximum absolute atomic E-state index is 13.2. The van der Waals surface area contributed by atoms with Crippen molar-refractivity contribution in [1.82, 2.24) is 29.2 Å². The third-order valence-electron chi connectivity index (χ3n) is 6.28. The molecule has 5 rings (SSSR count). The van der Waals surface area contributed by atoms with Gasteiger partial charge in [0.15, 0.2) is 0 Å². The SMILES string of the molecule is CC(C)c1nc2cc(C(=O)N3CCC(Cn4cnnc4)C3)ccc2n1-c1ccc(OC(F)(F)F)cc1. The van der Waals surface area contributed by atoms with Crippen LogP contribution in [0.25, 0.3) is 16.7 Å². The molecule has 1 atom stereocenters. The van der Waals surface area contributed by atoms with Crippen LogP contribution in [0.3, 0.4) is 0 Å². The zero-order valence-electron chi connectivity index (χ0n) is 19.8. The molecule has 0 radical (unpaired) electrons. The molecule has 1 unspecified atom stereocenters. The lowest BCUT2D eigenvalue weighted by atomic mass is 10.1. The predicted octanol–water partition coefficient (Wildman–Crippen LogP) is 4.80. The van der Waals surface area contributed by atoms with Gasteiger partial charge in [-0.1, -0.05) is 13.8 Å². The lowest BCUT2D eigenvalue weighted by molar-refractivity contribution is -0.274. The van der Waals surface area contributed by atoms with E-state index in [1.54, 1.807) is 36.9 Å². The number of ether oxygens (including phenoxy) is 1. The molecule has 0 aliphatic carbocycles. The summed E-state index contributed by atoms with van der Waals surface area (Å²) in [5.74, 6) is 0.791. The van der Waals surface area contributed by atoms with Crippen molar-refractivity contribution < 1.29 is 22.7 Å². The number of alkyl halides is 3. The number of hydrogen-bond acceptors (Lipinski definition) is 5. The van der Waals surface area contributed by atoms with E-state index in [2.05, 4.69) is 14.9 Å². The van der Waals surface area contributed by atoms with Crippen molar-refractivity contribution in [2.75, 3.05) is 13.1 Å². The van der Waals surface area contributed by atoms with Gasteiger partial charge in [-0.2, -0.15) is 0 Å². The summed E-state index contributed by atoms with van der Waals surface area (Å²) < 4.78 is 45.4. The Labute approximate surface area is 205 Å². The minimum absolute atomic E-state index is 0.0414. The number of aromatic nitrogens is 5. The fourth-order valence-corrected chi connectivity index (χ4v) is 4.65. The first-order valence-corrected chi connectivity index (χ1v) is 11.7. The molecular formula is C25H25F3N6O2. The number of fused-ring (bicyclic) bond motifs is 1. The van der Waals surface area contributed by atoms with Crippen LogP contribution in [-0.4, -0.2) is 54.6 Å². The largest absolute Gasteiger partial charge is 0.573 e. The summed E-state index contributed by atoms with van der Waals surface area (Å²) in [6.45, 7) is 6.09. The van der Waals surface area contributed by atoms with Crippen LogP contribution in [0.4, 0.5) is 13.2 Å². The van der Waals surface area contributed by atoms with Crippen molar-refractivity contribution in [1.29, 1.82) is 0 Å². The van der Waals surface area contributed by atoms with Gasteiger partial charge in [-0.3, -0.25) is 9.36 Å². The summed E-state index contributed by atoms with van der Waals surface area (Å²) in [6.07, 6.45) is -0.483. The van der Waals surface area contributed by atoms with Crippen LogP contribution in [0.2, 0.25) is 0 Å². The van der Waals surface area contributed by atoms with E-state index < -0.39 is 6.36 Å². The monoisotopic (exact) mass is 498 g/mol. The van der Waals surface area contributed by atoms with Crippen molar-refractivity contribution in [3.05, 3.63) is 66.5 Å². The summed E-state index contributed by atoms with van der Waals surface area (Å²) in [6, 6.07) is 11.1. The smallest absolute Gasteiger partial charge is 0.406 e. The highest BCUT2D eigenvalue weighted by Gasteiger charge is 2.31. The Bertz CT molecular complexity index is 1360. The molecule has 2 aromatic carbocycles. The second-order valence-corrected chi connectivity index (χ2v) is 9.27. The summed E-state index contributed by atoms with van der Waals surface area (Å²) in [4.78, 5) is 19.9. The van der Waals surface area contributed by atoms with Crippen LogP contribution in [0.5, 0.6) is 5.75 Å². The summed E-state index contributed by atoms with van der Waals surface area (Å²) >= 11 is 0. The molecule has 1 fully saturated rings. The number of benzene rings is 2. The summed E-state index contributed by atoms with van der Waals surface area (Å²) in [5.41, 5.74) is 2.64. The van der Waals surface area contributed by atoms with E-state index in [-0.39, 0.29) is 17.6 Å². The van der Waals surface area contributed by atoms with Crippen LogP contribution < -0.4 is 4.74 Å². The van der Waals surface area contributed by atoms with Gasteiger partial charge in [-0.15, -0.1) is 23.4 Å². The molecule has 0 N–H and O–H groups in total. The molecule has 1 aliphatic rings. The molecule has 188 valence electrons. The zero-order valence-corrected chi connectivity index (χ0v) is 19.8. The number of hydrogen-bond donors (Lipinski definition) is 0. The van der Waals surface area contributed by atoms with E-state index in [9.17, 15) is 18.0 Å². The molecule has 4 aromatic rings. The highest BCUT2D eigenvalue weighted by molar-refractivity contribution is 5.97. The van der Waals surface area contributed by atoms with Crippen molar-refractivity contribution in [2.24, 2.45) is 5.92 Å². The number of likely N-dealkylation sites (tertiary alicyclic amines) is 1. The third kappa shape index (κ3) is 4.91. The van der Waals surface area contributed by atoms with Crippen LogP contribution in [0.1, 0.15) is 42.4 Å². The number of amides is 1. The average molecular weight is 499 g/mol. The highest BCUT2D eigenvalue weighted by Crippen LogP contribution is 2.30. The molecular weight excluding hydrogens is 473 g/mol. The quantitative estimate of drug-likeness (QED) is 0.382. The van der Waals surface area contributed by atoms with E-state index in [4.69, 9.17) is 4.98 Å². The second kappa shape index (κ2) is 9.29. The fraction of sp³-hybridized carbons (Fsp3) is 0.360. The topological polar surface area (TPSA) is 78.1 Å². The Kier molecular flexibility index (Phi) is 6.15. The normalized spacial score (nSPS) is 16.3. The van der Waals surface area contributed by atoms with Gasteiger partial charge in [-0.05, 0) is 54.8 Å². The molecule has 8 nitrogen and oxygen atoms in total. The molecule has 0 saturated carbocycles. The van der Waals surface area contributed by atoms with Crippen molar-refractivity contribution in [3.63, 3.8) is 0 Å². The number of carbonyl (C=O) groups excluding carboxylic acids is 1. The molecule has 1 saturated heterocycles. The molecule has 11 heteroatoms. The average Bonchev–Trinajstić information content (AvgIpc) is 3.58. The van der Waals surface area contributed by atoms with Gasteiger partial charge in [0.1, 0.15) is 24.2 Å². The van der Waals surface area contributed by atoms with Gasteiger partial charge in [0, 0.05) is 36.8 Å². The Hall–Kier alpha value is -3.89. The molecule has 0 spiro atoms. The number of rotatable bonds is 6. The van der Waals surface area contributed by atoms with Crippen molar-refractivity contribution in [2.45, 2.75) is 39.1 Å². The standard InChI is InChI=1S/C25H25F3N6O2/c1-16(2)23-31-21-11-18(24(35)33-10-9-17(13-33)12-32-14-29-30-15-32)3-8-22(21)34(23)19-4-6-20(7-5-19)36-25(26,27)28/h3-8,11,14-17H,9-10,12-13H2,1-2H3. The van der Waals surface area contributed by atoms with Gasteiger partial charge in [-0.25, -0.2) is 4.98 Å². The van der Waals surface area contributed by atoms with Gasteiger partial charge < -0.3 is 14.2 Å². The zero-order chi connectivity index (χ0) is 25.4. The number of halogens is 3. The molecule has 36 heavy (non-hydrogen) atoms. The summed E-state index contributed by atoms with van der Waals surface area (Å²) in [7, 11) is 0. The van der Waals surface area contributed by atoms with Crippen LogP contribution in [0.15, 0.2) is 55.1 Å². The molecule has 2 aromatic heterocycles. The lowest BCUT2D eigenvalue weighted by Gasteiger charge is -2.17. The number of nitrogens with zero attached hydrogens (tertiary/aromatic N) is 6. The molecule has 1 amide bonds. The van der Waals surface area contributed by atoms with Gasteiger partial charge >= 0.3 is 6.36 Å². The van der Waals surface area contributed by atoms with Crippen LogP contribution in [0, 0.1) is 5.92 Å². The van der Waals surface area contributed by atoms with Crippen LogP contribution in [-0.2, 0) is 6.54 Å². The van der Waals surface area contributed by atoms with Gasteiger partial charge in [0.05, 0.1) is 11.0 Å². The van der Waals surface area contributed by atoms with Gasteiger partial charge in [0.25, 0.3) is 5.91 Å². The van der Waals surface area contributed by atoms with E-state index in [0.29, 0.717) is 35.8 Å². The Morgan fingerprint density at radius 3 is 2.50 bits per heavy atom. The third-order valence-corrected chi connectivity index (χ3v) is 6.28. The maximum atomic E-state index is 13.2. The minimum atomic E-state index is -4.75. The molecule has 0 bridgehead atoms. The summed E-state index contributed by atoms with van der Waals surface area (Å²) in [5, 5.41) is 7.66. The first-order valence-electron chi connectivity index (χ1n) is 11.7. The first-order chi connectivity index (χ1) is 17.2. The first kappa shape index (κ1) is 23.8. The lowest BCUT2D eigenvalue weighted by Crippen LogP contribution is -2.29. The highest BCUT2D eigenvalue weighted by atomic mass is 19.4. The van der Waals surface area contributed by atoms with E-state index in [0.717, 1.165) is 24.3 Å². The van der Waals surface area contributed by atoms with Crippen molar-refractivity contribution in [3.8, 4) is 11.4 Å². The number of carbonyl (C=O) groups is 1. The van der Waals surface area contributed by atoms with Crippen LogP contribution >= 0.6 is 0 Å². The van der Waals surface area contributed by atoms with Gasteiger partial charge in [0.2, 0.25) is 0 Å².